The van der Waals surface area contributed by atoms with E-state index in [0.29, 0.717) is 12.5 Å². The average molecular weight is 292 g/mol. The van der Waals surface area contributed by atoms with Crippen LogP contribution in [0.3, 0.4) is 0 Å². The summed E-state index contributed by atoms with van der Waals surface area (Å²) >= 11 is 0. The first-order valence-corrected chi connectivity index (χ1v) is 7.71. The lowest BCUT2D eigenvalue weighted by molar-refractivity contribution is -0.132. The fraction of sp³-hybridized carbons (Fsp3) is 0.733. The topological polar surface area (TPSA) is 50.6 Å². The number of morpholine rings is 1. The van der Waals surface area contributed by atoms with Crippen molar-refractivity contribution in [2.75, 3.05) is 45.9 Å². The van der Waals surface area contributed by atoms with Crippen molar-refractivity contribution >= 4 is 5.91 Å². The van der Waals surface area contributed by atoms with E-state index < -0.39 is 0 Å². The summed E-state index contributed by atoms with van der Waals surface area (Å²) in [6.45, 7) is 7.39. The van der Waals surface area contributed by atoms with Crippen molar-refractivity contribution in [2.24, 2.45) is 7.05 Å². The Labute approximate surface area is 125 Å². The highest BCUT2D eigenvalue weighted by molar-refractivity contribution is 5.78. The van der Waals surface area contributed by atoms with E-state index in [1.807, 2.05) is 25.1 Å². The van der Waals surface area contributed by atoms with E-state index in [0.717, 1.165) is 57.3 Å². The van der Waals surface area contributed by atoms with Crippen LogP contribution in [0, 0.1) is 6.92 Å². The molecule has 2 saturated heterocycles. The first-order valence-electron chi connectivity index (χ1n) is 7.71. The van der Waals surface area contributed by atoms with Crippen LogP contribution in [0.2, 0.25) is 0 Å². The first-order chi connectivity index (χ1) is 10.1. The molecule has 0 N–H and O–H groups in total. The maximum Gasteiger partial charge on any atom is 0.236 e. The Balaban J connectivity index is 1.56. The first kappa shape index (κ1) is 14.5. The summed E-state index contributed by atoms with van der Waals surface area (Å²) in [6, 6.07) is 0. The quantitative estimate of drug-likeness (QED) is 0.808. The third-order valence-electron chi connectivity index (χ3n) is 4.40. The molecule has 1 atom stereocenters. The van der Waals surface area contributed by atoms with Gasteiger partial charge in [0.15, 0.2) is 0 Å². The molecule has 6 heteroatoms. The number of carbonyl (C=O) groups excluding carboxylic acids is 1. The lowest BCUT2D eigenvalue weighted by atomic mass is 10.1. The van der Waals surface area contributed by atoms with E-state index in [-0.39, 0.29) is 5.91 Å². The molecule has 1 unspecified atom stereocenters. The molecule has 116 valence electrons. The van der Waals surface area contributed by atoms with E-state index in [4.69, 9.17) is 4.74 Å². The van der Waals surface area contributed by atoms with E-state index in [1.165, 1.54) is 0 Å². The van der Waals surface area contributed by atoms with Gasteiger partial charge in [-0.1, -0.05) is 0 Å². The fourth-order valence-electron chi connectivity index (χ4n) is 3.26. The molecule has 3 heterocycles. The number of aromatic nitrogens is 2. The third-order valence-corrected chi connectivity index (χ3v) is 4.40. The highest BCUT2D eigenvalue weighted by atomic mass is 16.5. The van der Waals surface area contributed by atoms with Gasteiger partial charge in [0, 0.05) is 45.3 Å². The Bertz CT molecular complexity index is 508. The molecule has 0 spiro atoms. The number of rotatable bonds is 3. The van der Waals surface area contributed by atoms with Crippen molar-refractivity contribution < 1.29 is 9.53 Å². The van der Waals surface area contributed by atoms with Crippen molar-refractivity contribution in [2.45, 2.75) is 19.3 Å². The molecule has 2 fully saturated rings. The SMILES string of the molecule is Cc1cn(C)c(C2CCN(C(=O)CN3CCOCC3)C2)n1. The Hall–Kier alpha value is -1.40. The zero-order valence-corrected chi connectivity index (χ0v) is 12.9. The summed E-state index contributed by atoms with van der Waals surface area (Å²) in [6.07, 6.45) is 3.06. The number of aryl methyl sites for hydroxylation is 2. The van der Waals surface area contributed by atoms with Crippen molar-refractivity contribution in [3.8, 4) is 0 Å². The number of carbonyl (C=O) groups is 1. The van der Waals surface area contributed by atoms with Gasteiger partial charge >= 0.3 is 0 Å². The monoisotopic (exact) mass is 292 g/mol. The molecular weight excluding hydrogens is 268 g/mol. The molecule has 0 bridgehead atoms. The molecule has 0 saturated carbocycles. The summed E-state index contributed by atoms with van der Waals surface area (Å²) in [4.78, 5) is 21.2. The minimum Gasteiger partial charge on any atom is -0.379 e. The average Bonchev–Trinajstić information content (AvgIpc) is 3.06. The molecule has 0 radical (unpaired) electrons. The number of ether oxygens (including phenoxy) is 1. The van der Waals surface area contributed by atoms with Crippen molar-refractivity contribution in [1.82, 2.24) is 19.4 Å². The zero-order valence-electron chi connectivity index (χ0n) is 12.9. The summed E-state index contributed by atoms with van der Waals surface area (Å²) in [5, 5.41) is 0. The fourth-order valence-corrected chi connectivity index (χ4v) is 3.26. The number of imidazole rings is 1. The van der Waals surface area contributed by atoms with Crippen molar-refractivity contribution in [1.29, 1.82) is 0 Å². The zero-order chi connectivity index (χ0) is 14.8. The standard InChI is InChI=1S/C15H24N4O2/c1-12-9-17(2)15(16-12)13-3-4-19(10-13)14(20)11-18-5-7-21-8-6-18/h9,13H,3-8,10-11H2,1-2H3. The Morgan fingerprint density at radius 2 is 2.14 bits per heavy atom. The van der Waals surface area contributed by atoms with Gasteiger partial charge in [0.2, 0.25) is 5.91 Å². The third kappa shape index (κ3) is 3.27. The van der Waals surface area contributed by atoms with Gasteiger partial charge < -0.3 is 14.2 Å². The van der Waals surface area contributed by atoms with Gasteiger partial charge in [0.1, 0.15) is 5.82 Å². The van der Waals surface area contributed by atoms with Crippen LogP contribution >= 0.6 is 0 Å². The molecule has 0 aliphatic carbocycles. The Morgan fingerprint density at radius 1 is 1.38 bits per heavy atom. The molecule has 21 heavy (non-hydrogen) atoms. The lowest BCUT2D eigenvalue weighted by Crippen LogP contribution is -2.44. The van der Waals surface area contributed by atoms with Crippen LogP contribution in [-0.4, -0.2) is 71.2 Å². The second kappa shape index (κ2) is 6.15. The lowest BCUT2D eigenvalue weighted by Gasteiger charge is -2.28. The number of nitrogens with zero attached hydrogens (tertiary/aromatic N) is 4. The normalized spacial score (nSPS) is 23.7. The van der Waals surface area contributed by atoms with Gasteiger partial charge in [-0.05, 0) is 13.3 Å². The summed E-state index contributed by atoms with van der Waals surface area (Å²) in [7, 11) is 2.04. The Kier molecular flexibility index (Phi) is 4.26. The molecule has 1 aromatic rings. The number of hydrogen-bond acceptors (Lipinski definition) is 4. The number of amides is 1. The van der Waals surface area contributed by atoms with Gasteiger partial charge in [-0.15, -0.1) is 0 Å². The van der Waals surface area contributed by atoms with Crippen LogP contribution in [0.1, 0.15) is 23.9 Å². The van der Waals surface area contributed by atoms with Crippen LogP contribution in [-0.2, 0) is 16.6 Å². The molecule has 2 aliphatic heterocycles. The predicted molar refractivity (Wildman–Crippen MR) is 79.1 cm³/mol. The predicted octanol–water partition coefficient (Wildman–Crippen LogP) is 0.377. The largest absolute Gasteiger partial charge is 0.379 e. The van der Waals surface area contributed by atoms with E-state index in [1.54, 1.807) is 0 Å². The molecular formula is C15H24N4O2. The summed E-state index contributed by atoms with van der Waals surface area (Å²) < 4.78 is 7.41. The maximum absolute atomic E-state index is 12.4. The van der Waals surface area contributed by atoms with Gasteiger partial charge in [0.05, 0.1) is 25.5 Å². The Morgan fingerprint density at radius 3 is 2.81 bits per heavy atom. The van der Waals surface area contributed by atoms with Gasteiger partial charge in [0.25, 0.3) is 0 Å². The minimum absolute atomic E-state index is 0.241. The highest BCUT2D eigenvalue weighted by Crippen LogP contribution is 2.26. The molecule has 6 nitrogen and oxygen atoms in total. The van der Waals surface area contributed by atoms with E-state index >= 15 is 0 Å². The summed E-state index contributed by atoms with van der Waals surface area (Å²) in [5.74, 6) is 1.72. The second-order valence-corrected chi connectivity index (χ2v) is 6.07. The van der Waals surface area contributed by atoms with Crippen LogP contribution < -0.4 is 0 Å². The smallest absolute Gasteiger partial charge is 0.236 e. The minimum atomic E-state index is 0.241. The van der Waals surface area contributed by atoms with Crippen LogP contribution in [0.5, 0.6) is 0 Å². The van der Waals surface area contributed by atoms with Gasteiger partial charge in [-0.3, -0.25) is 9.69 Å². The van der Waals surface area contributed by atoms with Crippen LogP contribution in [0.15, 0.2) is 6.20 Å². The summed E-state index contributed by atoms with van der Waals surface area (Å²) in [5.41, 5.74) is 1.05. The second-order valence-electron chi connectivity index (χ2n) is 6.07. The van der Waals surface area contributed by atoms with Gasteiger partial charge in [-0.2, -0.15) is 0 Å². The highest BCUT2D eigenvalue weighted by Gasteiger charge is 2.30. The molecule has 3 rings (SSSR count). The van der Waals surface area contributed by atoms with Crippen molar-refractivity contribution in [3.63, 3.8) is 0 Å². The maximum atomic E-state index is 12.4. The molecule has 0 aromatic carbocycles. The molecule has 1 amide bonds. The van der Waals surface area contributed by atoms with E-state index in [9.17, 15) is 4.79 Å². The number of likely N-dealkylation sites (tertiary alicyclic amines) is 1. The van der Waals surface area contributed by atoms with Crippen LogP contribution in [0.25, 0.3) is 0 Å². The van der Waals surface area contributed by atoms with Crippen molar-refractivity contribution in [3.05, 3.63) is 17.7 Å². The molecule has 1 aromatic heterocycles. The molecule has 2 aliphatic rings. The van der Waals surface area contributed by atoms with Gasteiger partial charge in [-0.25, -0.2) is 4.98 Å². The van der Waals surface area contributed by atoms with E-state index in [2.05, 4.69) is 14.5 Å². The number of hydrogen-bond donors (Lipinski definition) is 0. The van der Waals surface area contributed by atoms with Crippen LogP contribution in [0.4, 0.5) is 0 Å².